The van der Waals surface area contributed by atoms with Crippen molar-refractivity contribution in [3.05, 3.63) is 47.4 Å². The predicted molar refractivity (Wildman–Crippen MR) is 93.4 cm³/mol. The minimum Gasteiger partial charge on any atom is -0.338 e. The van der Waals surface area contributed by atoms with Gasteiger partial charge < -0.3 is 9.42 Å². The molecule has 1 fully saturated rings. The van der Waals surface area contributed by atoms with Gasteiger partial charge in [0.05, 0.1) is 12.2 Å². The van der Waals surface area contributed by atoms with Crippen LogP contribution in [0.25, 0.3) is 11.6 Å². The van der Waals surface area contributed by atoms with E-state index in [1.54, 1.807) is 6.92 Å². The van der Waals surface area contributed by atoms with Crippen molar-refractivity contribution in [2.24, 2.45) is 0 Å². The molecule has 2 aromatic heterocycles. The second kappa shape index (κ2) is 6.70. The van der Waals surface area contributed by atoms with Gasteiger partial charge in [-0.15, -0.1) is 5.10 Å². The van der Waals surface area contributed by atoms with Crippen molar-refractivity contribution in [1.82, 2.24) is 30.0 Å². The topological polar surface area (TPSA) is 89.9 Å². The molecule has 0 aliphatic carbocycles. The number of likely N-dealkylation sites (tertiary alicyclic amines) is 1. The fourth-order valence-corrected chi connectivity index (χ4v) is 3.25. The molecule has 1 aromatic carbocycles. The molecule has 8 heteroatoms. The van der Waals surface area contributed by atoms with Gasteiger partial charge in [-0.1, -0.05) is 28.1 Å². The third-order valence-electron chi connectivity index (χ3n) is 4.65. The lowest BCUT2D eigenvalue weighted by Gasteiger charge is -2.32. The molecule has 1 aliphatic rings. The van der Waals surface area contributed by atoms with Crippen molar-refractivity contribution in [2.75, 3.05) is 13.1 Å². The number of carbonyl (C=O) groups is 1. The zero-order valence-electron chi connectivity index (χ0n) is 14.8. The monoisotopic (exact) mass is 352 g/mol. The first-order valence-electron chi connectivity index (χ1n) is 8.68. The zero-order valence-corrected chi connectivity index (χ0v) is 14.8. The lowest BCUT2D eigenvalue weighted by molar-refractivity contribution is 0.0689. The molecule has 3 heterocycles. The van der Waals surface area contributed by atoms with Crippen molar-refractivity contribution in [2.45, 2.75) is 32.7 Å². The summed E-state index contributed by atoms with van der Waals surface area (Å²) in [6.07, 6.45) is 3.50. The molecular weight excluding hydrogens is 332 g/mol. The Bertz CT molecular complexity index is 923. The Balaban J connectivity index is 1.41. The molecule has 134 valence electrons. The number of piperidine rings is 1. The average molecular weight is 352 g/mol. The summed E-state index contributed by atoms with van der Waals surface area (Å²) in [6.45, 7) is 5.16. The quantitative estimate of drug-likeness (QED) is 0.719. The maximum Gasteiger partial charge on any atom is 0.280 e. The van der Waals surface area contributed by atoms with Crippen molar-refractivity contribution in [3.63, 3.8) is 0 Å². The van der Waals surface area contributed by atoms with Crippen LogP contribution in [0.5, 0.6) is 0 Å². The SMILES string of the molecule is Cc1cccc(C(=O)N2CCC(n3cc(-c4nc(C)no4)nn3)CC2)c1. The van der Waals surface area contributed by atoms with E-state index in [0.29, 0.717) is 30.5 Å². The van der Waals surface area contributed by atoms with Gasteiger partial charge in [-0.05, 0) is 38.8 Å². The van der Waals surface area contributed by atoms with Crippen LogP contribution in [-0.2, 0) is 0 Å². The first-order valence-corrected chi connectivity index (χ1v) is 8.68. The molecule has 1 amide bonds. The largest absolute Gasteiger partial charge is 0.338 e. The number of amides is 1. The summed E-state index contributed by atoms with van der Waals surface area (Å²) >= 11 is 0. The van der Waals surface area contributed by atoms with Gasteiger partial charge in [-0.25, -0.2) is 4.68 Å². The third kappa shape index (κ3) is 3.22. The Kier molecular flexibility index (Phi) is 4.24. The molecule has 0 spiro atoms. The van der Waals surface area contributed by atoms with Crippen LogP contribution in [0.4, 0.5) is 0 Å². The molecule has 0 radical (unpaired) electrons. The van der Waals surface area contributed by atoms with E-state index in [1.165, 1.54) is 0 Å². The highest BCUT2D eigenvalue weighted by Crippen LogP contribution is 2.24. The predicted octanol–water partition coefficient (Wildman–Crippen LogP) is 2.42. The molecule has 1 saturated heterocycles. The molecule has 3 aromatic rings. The normalized spacial score (nSPS) is 15.4. The van der Waals surface area contributed by atoms with Crippen LogP contribution in [0.15, 0.2) is 35.0 Å². The summed E-state index contributed by atoms with van der Waals surface area (Å²) in [5, 5.41) is 12.1. The number of nitrogens with zero attached hydrogens (tertiary/aromatic N) is 6. The van der Waals surface area contributed by atoms with E-state index in [-0.39, 0.29) is 11.9 Å². The molecule has 0 unspecified atom stereocenters. The van der Waals surface area contributed by atoms with Gasteiger partial charge in [0.25, 0.3) is 11.8 Å². The van der Waals surface area contributed by atoms with Crippen LogP contribution in [0.1, 0.15) is 40.6 Å². The van der Waals surface area contributed by atoms with Crippen LogP contribution in [0.2, 0.25) is 0 Å². The van der Waals surface area contributed by atoms with Gasteiger partial charge in [-0.3, -0.25) is 4.79 Å². The average Bonchev–Trinajstić information content (AvgIpc) is 3.30. The molecule has 0 bridgehead atoms. The maximum atomic E-state index is 12.7. The van der Waals surface area contributed by atoms with Gasteiger partial charge in [-0.2, -0.15) is 4.98 Å². The summed E-state index contributed by atoms with van der Waals surface area (Å²) in [4.78, 5) is 18.7. The Morgan fingerprint density at radius 2 is 2.04 bits per heavy atom. The molecule has 4 rings (SSSR count). The molecular formula is C18H20N6O2. The lowest BCUT2D eigenvalue weighted by atomic mass is 10.0. The summed E-state index contributed by atoms with van der Waals surface area (Å²) in [5.74, 6) is 1.03. The smallest absolute Gasteiger partial charge is 0.280 e. The second-order valence-corrected chi connectivity index (χ2v) is 6.62. The Morgan fingerprint density at radius 1 is 1.23 bits per heavy atom. The van der Waals surface area contributed by atoms with Crippen molar-refractivity contribution in [3.8, 4) is 11.6 Å². The highest BCUT2D eigenvalue weighted by Gasteiger charge is 2.26. The number of aromatic nitrogens is 5. The van der Waals surface area contributed by atoms with E-state index < -0.39 is 0 Å². The van der Waals surface area contributed by atoms with E-state index in [4.69, 9.17) is 4.52 Å². The zero-order chi connectivity index (χ0) is 18.1. The Hall–Kier alpha value is -3.03. The van der Waals surface area contributed by atoms with Crippen molar-refractivity contribution < 1.29 is 9.32 Å². The van der Waals surface area contributed by atoms with Crippen LogP contribution in [-0.4, -0.2) is 49.0 Å². The minimum atomic E-state index is 0.0905. The van der Waals surface area contributed by atoms with E-state index in [1.807, 2.05) is 47.0 Å². The number of hydrogen-bond donors (Lipinski definition) is 0. The molecule has 0 atom stereocenters. The van der Waals surface area contributed by atoms with E-state index >= 15 is 0 Å². The Morgan fingerprint density at radius 3 is 2.73 bits per heavy atom. The van der Waals surface area contributed by atoms with Crippen LogP contribution < -0.4 is 0 Å². The molecule has 0 saturated carbocycles. The standard InChI is InChI=1S/C18H20N6O2/c1-12-4-3-5-14(10-12)18(25)23-8-6-15(7-9-23)24-11-16(20-22-24)17-19-13(2)21-26-17/h3-5,10-11,15H,6-9H2,1-2H3. The highest BCUT2D eigenvalue weighted by molar-refractivity contribution is 5.94. The Labute approximate surface area is 150 Å². The third-order valence-corrected chi connectivity index (χ3v) is 4.65. The summed E-state index contributed by atoms with van der Waals surface area (Å²) < 4.78 is 6.96. The van der Waals surface area contributed by atoms with Gasteiger partial charge in [0.2, 0.25) is 0 Å². The summed E-state index contributed by atoms with van der Waals surface area (Å²) in [5.41, 5.74) is 2.42. The number of hydrogen-bond acceptors (Lipinski definition) is 6. The molecule has 1 aliphatic heterocycles. The molecule has 26 heavy (non-hydrogen) atoms. The van der Waals surface area contributed by atoms with E-state index in [2.05, 4.69) is 20.5 Å². The number of rotatable bonds is 3. The van der Waals surface area contributed by atoms with Crippen LogP contribution >= 0.6 is 0 Å². The van der Waals surface area contributed by atoms with Crippen molar-refractivity contribution >= 4 is 5.91 Å². The fourth-order valence-electron chi connectivity index (χ4n) is 3.25. The lowest BCUT2D eigenvalue weighted by Crippen LogP contribution is -2.39. The van der Waals surface area contributed by atoms with Crippen LogP contribution in [0.3, 0.4) is 0 Å². The van der Waals surface area contributed by atoms with Gasteiger partial charge in [0.15, 0.2) is 11.5 Å². The molecule has 8 nitrogen and oxygen atoms in total. The maximum absolute atomic E-state index is 12.7. The minimum absolute atomic E-state index is 0.0905. The first kappa shape index (κ1) is 16.4. The van der Waals surface area contributed by atoms with Gasteiger partial charge in [0.1, 0.15) is 0 Å². The van der Waals surface area contributed by atoms with Gasteiger partial charge >= 0.3 is 0 Å². The van der Waals surface area contributed by atoms with Gasteiger partial charge in [0, 0.05) is 18.7 Å². The number of aryl methyl sites for hydroxylation is 2. The van der Waals surface area contributed by atoms with E-state index in [0.717, 1.165) is 24.0 Å². The van der Waals surface area contributed by atoms with Crippen molar-refractivity contribution in [1.29, 1.82) is 0 Å². The molecule has 0 N–H and O–H groups in total. The van der Waals surface area contributed by atoms with Crippen LogP contribution in [0, 0.1) is 13.8 Å². The fraction of sp³-hybridized carbons (Fsp3) is 0.389. The second-order valence-electron chi connectivity index (χ2n) is 6.62. The van der Waals surface area contributed by atoms with E-state index in [9.17, 15) is 4.79 Å². The number of benzene rings is 1. The number of carbonyl (C=O) groups excluding carboxylic acids is 1. The summed E-state index contributed by atoms with van der Waals surface area (Å²) in [6, 6.07) is 7.94. The summed E-state index contributed by atoms with van der Waals surface area (Å²) in [7, 11) is 0. The highest BCUT2D eigenvalue weighted by atomic mass is 16.5. The first-order chi connectivity index (χ1) is 12.6.